The van der Waals surface area contributed by atoms with E-state index in [1.807, 2.05) is 103 Å². The van der Waals surface area contributed by atoms with E-state index in [-0.39, 0.29) is 0 Å². The molecule has 0 atom stereocenters. The topological polar surface area (TPSA) is 17.8 Å². The van der Waals surface area contributed by atoms with Crippen molar-refractivity contribution in [2.24, 2.45) is 0 Å². The Bertz CT molecular complexity index is 317. The number of hydrogen-bond donors (Lipinski definition) is 0. The number of allylic oxidation sites excluding steroid dienone is 6. The zero-order valence-electron chi connectivity index (χ0n) is 14.0. The number of hydrogen-bond acceptors (Lipinski definition) is 1. The van der Waals surface area contributed by atoms with Crippen molar-refractivity contribution in [3.05, 3.63) is 48.8 Å². The van der Waals surface area contributed by atoms with Gasteiger partial charge in [0.25, 0.3) is 0 Å². The molecule has 0 spiro atoms. The van der Waals surface area contributed by atoms with Crippen LogP contribution in [0.2, 0.25) is 0 Å². The first-order valence-corrected chi connectivity index (χ1v) is 7.34. The van der Waals surface area contributed by atoms with E-state index in [4.69, 9.17) is 0 Å². The van der Waals surface area contributed by atoms with Crippen molar-refractivity contribution < 1.29 is 0 Å². The van der Waals surface area contributed by atoms with Crippen molar-refractivity contribution in [3.8, 4) is 0 Å². The van der Waals surface area contributed by atoms with E-state index >= 15 is 0 Å². The van der Waals surface area contributed by atoms with Crippen LogP contribution in [0, 0.1) is 0 Å². The molecule has 0 amide bonds. The van der Waals surface area contributed by atoms with Crippen molar-refractivity contribution in [1.82, 2.24) is 9.78 Å². The first kappa shape index (κ1) is 22.6. The molecule has 0 aliphatic rings. The molecule has 1 aromatic rings. The van der Waals surface area contributed by atoms with Crippen LogP contribution in [0.15, 0.2) is 48.8 Å². The second-order valence-electron chi connectivity index (χ2n) is 2.55. The third-order valence-corrected chi connectivity index (χ3v) is 1.64. The van der Waals surface area contributed by atoms with Gasteiger partial charge in [-0.1, -0.05) is 65.8 Å². The lowest BCUT2D eigenvalue weighted by Gasteiger charge is -1.99. The molecule has 0 unspecified atom stereocenters. The zero-order chi connectivity index (χ0) is 15.5. The summed E-state index contributed by atoms with van der Waals surface area (Å²) in [6.07, 6.45) is 13.7. The number of nitrogens with zero attached hydrogens (tertiary/aromatic N) is 2. The maximum absolute atomic E-state index is 4.14. The Morgan fingerprint density at radius 3 is 1.89 bits per heavy atom. The van der Waals surface area contributed by atoms with Gasteiger partial charge in [0, 0.05) is 12.4 Å². The second kappa shape index (κ2) is 21.7. The van der Waals surface area contributed by atoms with Crippen LogP contribution in [0.1, 0.15) is 55.4 Å². The monoisotopic (exact) mass is 264 g/mol. The maximum atomic E-state index is 4.14. The van der Waals surface area contributed by atoms with Crippen LogP contribution >= 0.6 is 0 Å². The lowest BCUT2D eigenvalue weighted by atomic mass is 10.3. The first-order chi connectivity index (χ1) is 9.38. The molecular formula is C17H32N2. The van der Waals surface area contributed by atoms with Gasteiger partial charge in [-0.15, -0.1) is 0 Å². The molecule has 0 saturated heterocycles. The van der Waals surface area contributed by atoms with E-state index in [2.05, 4.69) is 5.10 Å². The molecule has 2 nitrogen and oxygen atoms in total. The molecule has 1 rings (SSSR count). The summed E-state index contributed by atoms with van der Waals surface area (Å²) in [7, 11) is 0. The Labute approximate surface area is 120 Å². The third-order valence-electron chi connectivity index (χ3n) is 1.64. The average Bonchev–Trinajstić information content (AvgIpc) is 3.04. The molecule has 0 saturated carbocycles. The van der Waals surface area contributed by atoms with Crippen molar-refractivity contribution in [3.63, 3.8) is 0 Å². The Balaban J connectivity index is -0.000000375. The normalized spacial score (nSPS) is 10.0. The largest absolute Gasteiger partial charge is 0.241 e. The highest BCUT2D eigenvalue weighted by molar-refractivity contribution is 5.56. The lowest BCUT2D eigenvalue weighted by molar-refractivity contribution is 0.908. The summed E-state index contributed by atoms with van der Waals surface area (Å²) in [5.74, 6) is 0. The smallest absolute Gasteiger partial charge is 0.0602 e. The van der Waals surface area contributed by atoms with E-state index in [9.17, 15) is 0 Å². The Kier molecular flexibility index (Phi) is 25.8. The quantitative estimate of drug-likeness (QED) is 0.616. The Morgan fingerprint density at radius 2 is 1.53 bits per heavy atom. The molecule has 2 heteroatoms. The summed E-state index contributed by atoms with van der Waals surface area (Å²) in [5, 5.41) is 4.14. The van der Waals surface area contributed by atoms with Gasteiger partial charge in [0.05, 0.1) is 5.70 Å². The van der Waals surface area contributed by atoms with Crippen molar-refractivity contribution in [1.29, 1.82) is 0 Å². The molecule has 0 aliphatic carbocycles. The van der Waals surface area contributed by atoms with Crippen LogP contribution < -0.4 is 0 Å². The molecule has 0 aliphatic heterocycles. The van der Waals surface area contributed by atoms with Crippen molar-refractivity contribution in [2.75, 3.05) is 0 Å². The summed E-state index contributed by atoms with van der Waals surface area (Å²) in [6, 6.07) is 1.91. The van der Waals surface area contributed by atoms with Crippen LogP contribution in [0.25, 0.3) is 5.70 Å². The van der Waals surface area contributed by atoms with Gasteiger partial charge in [0.1, 0.15) is 0 Å². The first-order valence-electron chi connectivity index (χ1n) is 7.34. The summed E-state index contributed by atoms with van der Waals surface area (Å²) >= 11 is 0. The molecule has 0 aromatic carbocycles. The molecule has 110 valence electrons. The predicted octanol–water partition coefficient (Wildman–Crippen LogP) is 5.95. The van der Waals surface area contributed by atoms with E-state index in [0.717, 1.165) is 5.70 Å². The fraction of sp³-hybridized carbons (Fsp3) is 0.471. The van der Waals surface area contributed by atoms with Gasteiger partial charge in [-0.2, -0.15) is 5.10 Å². The molecule has 1 aromatic heterocycles. The third kappa shape index (κ3) is 12.7. The minimum atomic E-state index is 1.07. The van der Waals surface area contributed by atoms with Crippen LogP contribution in [0.5, 0.6) is 0 Å². The standard InChI is InChI=1S/C11H14N2.3C2H6/c1-3-5-6-8-11(4-2)13-10-7-9-12-13;3*1-2/h3-10H,1-2H3;3*1-2H3/b5-3-,8-6-,11-4+;;;. The Morgan fingerprint density at radius 1 is 0.947 bits per heavy atom. The van der Waals surface area contributed by atoms with Crippen molar-refractivity contribution in [2.45, 2.75) is 55.4 Å². The second-order valence-corrected chi connectivity index (χ2v) is 2.55. The van der Waals surface area contributed by atoms with Gasteiger partial charge in [-0.25, -0.2) is 4.68 Å². The molecule has 1 heterocycles. The minimum Gasteiger partial charge on any atom is -0.241 e. The van der Waals surface area contributed by atoms with Gasteiger partial charge in [0.15, 0.2) is 0 Å². The lowest BCUT2D eigenvalue weighted by Crippen LogP contribution is -1.93. The molecule has 19 heavy (non-hydrogen) atoms. The van der Waals surface area contributed by atoms with Crippen LogP contribution in [0.3, 0.4) is 0 Å². The minimum absolute atomic E-state index is 1.07. The zero-order valence-corrected chi connectivity index (χ0v) is 14.0. The predicted molar refractivity (Wildman–Crippen MR) is 90.2 cm³/mol. The average molecular weight is 264 g/mol. The van der Waals surface area contributed by atoms with E-state index in [1.54, 1.807) is 6.20 Å². The molecule has 0 N–H and O–H groups in total. The van der Waals surface area contributed by atoms with Crippen molar-refractivity contribution >= 4 is 5.70 Å². The summed E-state index contributed by atoms with van der Waals surface area (Å²) < 4.78 is 1.83. The van der Waals surface area contributed by atoms with E-state index in [1.165, 1.54) is 0 Å². The van der Waals surface area contributed by atoms with Crippen LogP contribution in [-0.4, -0.2) is 9.78 Å². The SMILES string of the molecule is CC.CC.CC.C\C=C/C=C\C(=C/C)n1cccn1. The summed E-state index contributed by atoms with van der Waals surface area (Å²) in [5.41, 5.74) is 1.07. The number of aromatic nitrogens is 2. The Hall–Kier alpha value is -1.57. The maximum Gasteiger partial charge on any atom is 0.0602 e. The van der Waals surface area contributed by atoms with Gasteiger partial charge in [-0.05, 0) is 26.0 Å². The summed E-state index contributed by atoms with van der Waals surface area (Å²) in [4.78, 5) is 0. The van der Waals surface area contributed by atoms with E-state index in [0.29, 0.717) is 0 Å². The van der Waals surface area contributed by atoms with Gasteiger partial charge in [-0.3, -0.25) is 0 Å². The number of rotatable bonds is 3. The highest BCUT2D eigenvalue weighted by atomic mass is 15.3. The van der Waals surface area contributed by atoms with Gasteiger partial charge < -0.3 is 0 Å². The highest BCUT2D eigenvalue weighted by Crippen LogP contribution is 2.03. The van der Waals surface area contributed by atoms with E-state index < -0.39 is 0 Å². The molecule has 0 bridgehead atoms. The van der Waals surface area contributed by atoms with Crippen LogP contribution in [-0.2, 0) is 0 Å². The fourth-order valence-electron chi connectivity index (χ4n) is 0.992. The molecular weight excluding hydrogens is 232 g/mol. The van der Waals surface area contributed by atoms with Gasteiger partial charge >= 0.3 is 0 Å². The molecule has 0 fully saturated rings. The summed E-state index contributed by atoms with van der Waals surface area (Å²) in [6.45, 7) is 16.0. The molecule has 0 radical (unpaired) electrons. The highest BCUT2D eigenvalue weighted by Gasteiger charge is 1.91. The fourth-order valence-corrected chi connectivity index (χ4v) is 0.992. The van der Waals surface area contributed by atoms with Crippen LogP contribution in [0.4, 0.5) is 0 Å². The van der Waals surface area contributed by atoms with Gasteiger partial charge in [0.2, 0.25) is 0 Å².